The van der Waals surface area contributed by atoms with Crippen LogP contribution in [0.5, 0.6) is 0 Å². The SMILES string of the molecule is CCSc1ccc(Cl)cc1C(=O)NCC1CNC1.Cl. The summed E-state index contributed by atoms with van der Waals surface area (Å²) in [6.45, 7) is 4.79. The fourth-order valence-corrected chi connectivity index (χ4v) is 2.74. The van der Waals surface area contributed by atoms with Gasteiger partial charge < -0.3 is 10.6 Å². The summed E-state index contributed by atoms with van der Waals surface area (Å²) in [5.74, 6) is 1.48. The van der Waals surface area contributed by atoms with Crippen molar-refractivity contribution < 1.29 is 4.79 Å². The van der Waals surface area contributed by atoms with Crippen LogP contribution in [0.2, 0.25) is 5.02 Å². The molecular weight excluding hydrogens is 303 g/mol. The molecule has 3 nitrogen and oxygen atoms in total. The van der Waals surface area contributed by atoms with Gasteiger partial charge in [0.2, 0.25) is 0 Å². The molecule has 0 radical (unpaired) electrons. The third-order valence-corrected chi connectivity index (χ3v) is 4.09. The van der Waals surface area contributed by atoms with E-state index in [-0.39, 0.29) is 18.3 Å². The van der Waals surface area contributed by atoms with Gasteiger partial charge in [0.15, 0.2) is 0 Å². The summed E-state index contributed by atoms with van der Waals surface area (Å²) in [7, 11) is 0. The van der Waals surface area contributed by atoms with E-state index in [2.05, 4.69) is 17.6 Å². The number of carbonyl (C=O) groups excluding carboxylic acids is 1. The quantitative estimate of drug-likeness (QED) is 0.820. The Morgan fingerprint density at radius 1 is 1.53 bits per heavy atom. The maximum Gasteiger partial charge on any atom is 0.252 e. The monoisotopic (exact) mass is 320 g/mol. The highest BCUT2D eigenvalue weighted by Gasteiger charge is 2.18. The molecular formula is C13H18Cl2N2OS. The summed E-state index contributed by atoms with van der Waals surface area (Å²) in [6, 6.07) is 5.48. The van der Waals surface area contributed by atoms with Gasteiger partial charge in [-0.2, -0.15) is 0 Å². The zero-order valence-electron chi connectivity index (χ0n) is 10.7. The summed E-state index contributed by atoms with van der Waals surface area (Å²) in [6.07, 6.45) is 0. The van der Waals surface area contributed by atoms with Crippen LogP contribution in [0.15, 0.2) is 23.1 Å². The largest absolute Gasteiger partial charge is 0.352 e. The lowest BCUT2D eigenvalue weighted by atomic mass is 10.0. The lowest BCUT2D eigenvalue weighted by Gasteiger charge is -2.27. The highest BCUT2D eigenvalue weighted by atomic mass is 35.5. The van der Waals surface area contributed by atoms with E-state index in [1.807, 2.05) is 12.1 Å². The van der Waals surface area contributed by atoms with Crippen molar-refractivity contribution in [2.75, 3.05) is 25.4 Å². The van der Waals surface area contributed by atoms with Gasteiger partial charge in [-0.3, -0.25) is 4.79 Å². The van der Waals surface area contributed by atoms with E-state index in [0.29, 0.717) is 16.5 Å². The van der Waals surface area contributed by atoms with E-state index in [9.17, 15) is 4.79 Å². The fraction of sp³-hybridized carbons (Fsp3) is 0.462. The minimum atomic E-state index is -0.0275. The molecule has 1 aromatic rings. The molecule has 0 aliphatic carbocycles. The van der Waals surface area contributed by atoms with E-state index in [1.165, 1.54) is 0 Å². The zero-order valence-corrected chi connectivity index (χ0v) is 13.1. The first-order valence-electron chi connectivity index (χ1n) is 6.12. The lowest BCUT2D eigenvalue weighted by Crippen LogP contribution is -2.48. The normalized spacial score (nSPS) is 14.4. The molecule has 0 saturated carbocycles. The van der Waals surface area contributed by atoms with E-state index in [0.717, 1.165) is 30.3 Å². The van der Waals surface area contributed by atoms with Crippen LogP contribution in [0.1, 0.15) is 17.3 Å². The van der Waals surface area contributed by atoms with E-state index >= 15 is 0 Å². The molecule has 1 aliphatic heterocycles. The van der Waals surface area contributed by atoms with Crippen LogP contribution in [0, 0.1) is 5.92 Å². The molecule has 19 heavy (non-hydrogen) atoms. The molecule has 1 aliphatic rings. The standard InChI is InChI=1S/C13H17ClN2OS.ClH/c1-2-18-12-4-3-10(14)5-11(12)13(17)16-8-9-6-15-7-9;/h3-5,9,15H,2,6-8H2,1H3,(H,16,17);1H. The number of amides is 1. The first-order valence-corrected chi connectivity index (χ1v) is 7.48. The maximum absolute atomic E-state index is 12.1. The summed E-state index contributed by atoms with van der Waals surface area (Å²) < 4.78 is 0. The summed E-state index contributed by atoms with van der Waals surface area (Å²) in [5.41, 5.74) is 0.682. The lowest BCUT2D eigenvalue weighted by molar-refractivity contribution is 0.0939. The Morgan fingerprint density at radius 2 is 2.26 bits per heavy atom. The molecule has 1 fully saturated rings. The van der Waals surface area contributed by atoms with Crippen molar-refractivity contribution in [3.05, 3.63) is 28.8 Å². The van der Waals surface area contributed by atoms with Crippen molar-refractivity contribution in [1.82, 2.24) is 10.6 Å². The van der Waals surface area contributed by atoms with Gasteiger partial charge in [0.25, 0.3) is 5.91 Å². The van der Waals surface area contributed by atoms with Crippen LogP contribution in [0.25, 0.3) is 0 Å². The number of hydrogen-bond donors (Lipinski definition) is 2. The van der Waals surface area contributed by atoms with Crippen LogP contribution < -0.4 is 10.6 Å². The Balaban J connectivity index is 0.00000180. The summed E-state index contributed by atoms with van der Waals surface area (Å²) in [5, 5.41) is 6.77. The number of halogens is 2. The third kappa shape index (κ3) is 4.56. The average molecular weight is 321 g/mol. The number of hydrogen-bond acceptors (Lipinski definition) is 3. The number of nitrogens with one attached hydrogen (secondary N) is 2. The number of carbonyl (C=O) groups is 1. The second-order valence-electron chi connectivity index (χ2n) is 4.31. The van der Waals surface area contributed by atoms with Crippen LogP contribution in [0.3, 0.4) is 0 Å². The Hall–Kier alpha value is -0.420. The number of benzene rings is 1. The minimum absolute atomic E-state index is 0. The van der Waals surface area contributed by atoms with Gasteiger partial charge in [-0.15, -0.1) is 24.2 Å². The molecule has 0 aromatic heterocycles. The summed E-state index contributed by atoms with van der Waals surface area (Å²) in [4.78, 5) is 13.1. The van der Waals surface area contributed by atoms with Crippen molar-refractivity contribution >= 4 is 41.7 Å². The van der Waals surface area contributed by atoms with Gasteiger partial charge >= 0.3 is 0 Å². The molecule has 1 amide bonds. The Kier molecular flexibility index (Phi) is 7.00. The van der Waals surface area contributed by atoms with Crippen molar-refractivity contribution in [3.63, 3.8) is 0 Å². The zero-order chi connectivity index (χ0) is 13.0. The molecule has 0 atom stereocenters. The predicted molar refractivity (Wildman–Crippen MR) is 83.8 cm³/mol. The van der Waals surface area contributed by atoms with Gasteiger partial charge in [-0.25, -0.2) is 0 Å². The van der Waals surface area contributed by atoms with Crippen molar-refractivity contribution in [2.45, 2.75) is 11.8 Å². The van der Waals surface area contributed by atoms with Gasteiger partial charge in [0.1, 0.15) is 0 Å². The van der Waals surface area contributed by atoms with Crippen LogP contribution in [0.4, 0.5) is 0 Å². The molecule has 1 saturated heterocycles. The number of thioether (sulfide) groups is 1. The predicted octanol–water partition coefficient (Wildman–Crippen LogP) is 2.82. The Morgan fingerprint density at radius 3 is 2.84 bits per heavy atom. The second kappa shape index (κ2) is 8.00. The fourth-order valence-electron chi connectivity index (χ4n) is 1.79. The first-order chi connectivity index (χ1) is 8.70. The molecule has 6 heteroatoms. The maximum atomic E-state index is 12.1. The van der Waals surface area contributed by atoms with Crippen LogP contribution in [-0.2, 0) is 0 Å². The van der Waals surface area contributed by atoms with Gasteiger partial charge in [-0.05, 0) is 24.0 Å². The highest BCUT2D eigenvalue weighted by Crippen LogP contribution is 2.25. The first kappa shape index (κ1) is 16.6. The summed E-state index contributed by atoms with van der Waals surface area (Å²) >= 11 is 7.62. The third-order valence-electron chi connectivity index (χ3n) is 2.90. The van der Waals surface area contributed by atoms with Crippen molar-refractivity contribution in [1.29, 1.82) is 0 Å². The van der Waals surface area contributed by atoms with Gasteiger partial charge in [0.05, 0.1) is 5.56 Å². The smallest absolute Gasteiger partial charge is 0.252 e. The minimum Gasteiger partial charge on any atom is -0.352 e. The topological polar surface area (TPSA) is 41.1 Å². The molecule has 0 spiro atoms. The molecule has 106 valence electrons. The Labute approximate surface area is 129 Å². The highest BCUT2D eigenvalue weighted by molar-refractivity contribution is 7.99. The second-order valence-corrected chi connectivity index (χ2v) is 6.05. The van der Waals surface area contributed by atoms with E-state index in [4.69, 9.17) is 11.6 Å². The average Bonchev–Trinajstić information content (AvgIpc) is 2.29. The van der Waals surface area contributed by atoms with Crippen molar-refractivity contribution in [2.24, 2.45) is 5.92 Å². The molecule has 0 unspecified atom stereocenters. The molecule has 0 bridgehead atoms. The van der Waals surface area contributed by atoms with Crippen LogP contribution in [-0.4, -0.2) is 31.3 Å². The molecule has 2 rings (SSSR count). The van der Waals surface area contributed by atoms with Crippen molar-refractivity contribution in [3.8, 4) is 0 Å². The van der Waals surface area contributed by atoms with Gasteiger partial charge in [0, 0.05) is 35.5 Å². The van der Waals surface area contributed by atoms with Gasteiger partial charge in [-0.1, -0.05) is 18.5 Å². The van der Waals surface area contributed by atoms with E-state index in [1.54, 1.807) is 17.8 Å². The Bertz CT molecular complexity index is 439. The molecule has 1 heterocycles. The molecule has 2 N–H and O–H groups in total. The molecule has 1 aromatic carbocycles. The van der Waals surface area contributed by atoms with E-state index < -0.39 is 0 Å². The number of rotatable bonds is 5. The van der Waals surface area contributed by atoms with Crippen LogP contribution >= 0.6 is 35.8 Å².